The second kappa shape index (κ2) is 5.06. The molecule has 0 aliphatic rings. The van der Waals surface area contributed by atoms with Crippen LogP contribution in [0, 0.1) is 0 Å². The smallest absolute Gasteiger partial charge is 0.382 e. The van der Waals surface area contributed by atoms with Gasteiger partial charge in [-0.15, -0.1) is 0 Å². The molecule has 2 nitrogen and oxygen atoms in total. The van der Waals surface area contributed by atoms with Crippen molar-refractivity contribution in [2.45, 2.75) is 38.1 Å². The number of halogens is 3. The Kier molecular flexibility index (Phi) is 4.16. The number of nitrogens with two attached hydrogens (primary N) is 1. The normalized spacial score (nSPS) is 16.0. The zero-order valence-corrected chi connectivity index (χ0v) is 9.70. The lowest BCUT2D eigenvalue weighted by atomic mass is 9.97. The molecule has 1 rings (SSSR count). The summed E-state index contributed by atoms with van der Waals surface area (Å²) in [7, 11) is 0. The molecule has 0 saturated heterocycles. The summed E-state index contributed by atoms with van der Waals surface area (Å²) in [4.78, 5) is 0. The fourth-order valence-electron chi connectivity index (χ4n) is 1.49. The van der Waals surface area contributed by atoms with Gasteiger partial charge in [-0.05, 0) is 17.0 Å². The van der Waals surface area contributed by atoms with Crippen LogP contribution in [0.5, 0.6) is 0 Å². The largest absolute Gasteiger partial charge is 0.416 e. The fourth-order valence-corrected chi connectivity index (χ4v) is 1.49. The third-order valence-corrected chi connectivity index (χ3v) is 2.66. The molecule has 0 aliphatic carbocycles. The number of hydrogen-bond acceptors (Lipinski definition) is 2. The maximum Gasteiger partial charge on any atom is 0.416 e. The number of aliphatic hydroxyl groups excluding tert-OH is 1. The average Bonchev–Trinajstić information content (AvgIpc) is 2.26. The minimum absolute atomic E-state index is 0.277. The highest BCUT2D eigenvalue weighted by Gasteiger charge is 2.42. The van der Waals surface area contributed by atoms with Crippen LogP contribution < -0.4 is 5.73 Å². The predicted molar refractivity (Wildman–Crippen MR) is 59.5 cm³/mol. The van der Waals surface area contributed by atoms with Gasteiger partial charge >= 0.3 is 6.18 Å². The van der Waals surface area contributed by atoms with Gasteiger partial charge in [-0.3, -0.25) is 0 Å². The van der Waals surface area contributed by atoms with Crippen molar-refractivity contribution >= 4 is 0 Å². The van der Waals surface area contributed by atoms with Crippen molar-refractivity contribution < 1.29 is 18.3 Å². The summed E-state index contributed by atoms with van der Waals surface area (Å²) in [5.74, 6) is 0.299. The van der Waals surface area contributed by atoms with Crippen molar-refractivity contribution in [3.8, 4) is 0 Å². The van der Waals surface area contributed by atoms with Gasteiger partial charge in [0.1, 0.15) is 0 Å². The minimum Gasteiger partial charge on any atom is -0.382 e. The van der Waals surface area contributed by atoms with Crippen molar-refractivity contribution in [3.63, 3.8) is 0 Å². The molecular formula is C12H16F3NO. The van der Waals surface area contributed by atoms with Crippen molar-refractivity contribution in [3.05, 3.63) is 35.4 Å². The van der Waals surface area contributed by atoms with Gasteiger partial charge in [-0.25, -0.2) is 0 Å². The Bertz CT molecular complexity index is 359. The summed E-state index contributed by atoms with van der Waals surface area (Å²) < 4.78 is 36.8. The molecule has 3 N–H and O–H groups in total. The fraction of sp³-hybridized carbons (Fsp3) is 0.500. The summed E-state index contributed by atoms with van der Waals surface area (Å²) in [6.07, 6.45) is -7.23. The topological polar surface area (TPSA) is 46.2 Å². The molecule has 0 radical (unpaired) electrons. The molecule has 0 amide bonds. The Morgan fingerprint density at radius 3 is 1.82 bits per heavy atom. The molecule has 0 aromatic heterocycles. The van der Waals surface area contributed by atoms with Crippen molar-refractivity contribution in [1.82, 2.24) is 0 Å². The van der Waals surface area contributed by atoms with Gasteiger partial charge in [0, 0.05) is 0 Å². The van der Waals surface area contributed by atoms with Gasteiger partial charge in [-0.1, -0.05) is 38.1 Å². The van der Waals surface area contributed by atoms with E-state index in [-0.39, 0.29) is 5.56 Å². The highest BCUT2D eigenvalue weighted by atomic mass is 19.4. The predicted octanol–water partition coefficient (Wildman–Crippen LogP) is 2.73. The number of alkyl halides is 3. The molecule has 0 heterocycles. The quantitative estimate of drug-likeness (QED) is 0.862. The van der Waals surface area contributed by atoms with Gasteiger partial charge in [-0.2, -0.15) is 13.2 Å². The van der Waals surface area contributed by atoms with E-state index in [1.807, 2.05) is 13.8 Å². The van der Waals surface area contributed by atoms with Crippen LogP contribution in [0.1, 0.15) is 36.9 Å². The SMILES string of the molecule is CC(C)c1ccc([C@@H](N)[C@@H](O)C(F)(F)F)cc1. The van der Waals surface area contributed by atoms with Gasteiger partial charge < -0.3 is 10.8 Å². The van der Waals surface area contributed by atoms with Gasteiger partial charge in [0.25, 0.3) is 0 Å². The highest BCUT2D eigenvalue weighted by Crippen LogP contribution is 2.29. The van der Waals surface area contributed by atoms with Crippen molar-refractivity contribution in [2.75, 3.05) is 0 Å². The van der Waals surface area contributed by atoms with Crippen LogP contribution in [0.4, 0.5) is 13.2 Å². The standard InChI is InChI=1S/C12H16F3NO/c1-7(2)8-3-5-9(6-4-8)10(16)11(17)12(13,14)15/h3-7,10-11,17H,16H2,1-2H3/t10-,11-/m1/s1. The summed E-state index contributed by atoms with van der Waals surface area (Å²) in [6, 6.07) is 5.05. The van der Waals surface area contributed by atoms with Crippen LogP contribution in [0.25, 0.3) is 0 Å². The van der Waals surface area contributed by atoms with Crippen LogP contribution in [0.3, 0.4) is 0 Å². The zero-order chi connectivity index (χ0) is 13.2. The molecule has 1 aromatic rings. The maximum atomic E-state index is 12.3. The average molecular weight is 247 g/mol. The Balaban J connectivity index is 2.87. The van der Waals surface area contributed by atoms with Gasteiger partial charge in [0.15, 0.2) is 6.10 Å². The van der Waals surface area contributed by atoms with Gasteiger partial charge in [0.2, 0.25) is 0 Å². The van der Waals surface area contributed by atoms with Crippen LogP contribution in [-0.2, 0) is 0 Å². The number of aliphatic hydroxyl groups is 1. The Hall–Kier alpha value is -1.07. The number of benzene rings is 1. The molecule has 2 atom stereocenters. The molecule has 5 heteroatoms. The van der Waals surface area contributed by atoms with E-state index in [0.717, 1.165) is 5.56 Å². The maximum absolute atomic E-state index is 12.3. The molecule has 96 valence electrons. The first-order chi connectivity index (χ1) is 7.73. The van der Waals surface area contributed by atoms with Crippen molar-refractivity contribution in [1.29, 1.82) is 0 Å². The summed E-state index contributed by atoms with van der Waals surface area (Å²) in [6.45, 7) is 3.97. The Labute approximate surface area is 98.3 Å². The third-order valence-electron chi connectivity index (χ3n) is 2.66. The van der Waals surface area contributed by atoms with Crippen LogP contribution in [0.15, 0.2) is 24.3 Å². The lowest BCUT2D eigenvalue weighted by Gasteiger charge is -2.22. The summed E-state index contributed by atoms with van der Waals surface area (Å²) >= 11 is 0. The molecule has 1 aromatic carbocycles. The van der Waals surface area contributed by atoms with E-state index >= 15 is 0 Å². The second-order valence-electron chi connectivity index (χ2n) is 4.33. The van der Waals surface area contributed by atoms with Crippen LogP contribution >= 0.6 is 0 Å². The third kappa shape index (κ3) is 3.44. The highest BCUT2D eigenvalue weighted by molar-refractivity contribution is 5.27. The lowest BCUT2D eigenvalue weighted by Crippen LogP contribution is -2.38. The Morgan fingerprint density at radius 2 is 1.47 bits per heavy atom. The van der Waals surface area contributed by atoms with E-state index in [1.54, 1.807) is 12.1 Å². The molecule has 0 saturated carbocycles. The van der Waals surface area contributed by atoms with E-state index in [0.29, 0.717) is 5.92 Å². The first-order valence-corrected chi connectivity index (χ1v) is 5.33. The van der Waals surface area contributed by atoms with E-state index < -0.39 is 18.3 Å². The van der Waals surface area contributed by atoms with Crippen LogP contribution in [-0.4, -0.2) is 17.4 Å². The number of hydrogen-bond donors (Lipinski definition) is 2. The minimum atomic E-state index is -4.70. The molecule has 0 aliphatic heterocycles. The molecule has 0 unspecified atom stereocenters. The zero-order valence-electron chi connectivity index (χ0n) is 9.70. The molecule has 17 heavy (non-hydrogen) atoms. The van der Waals surface area contributed by atoms with E-state index in [2.05, 4.69) is 0 Å². The molecule has 0 bridgehead atoms. The first kappa shape index (κ1) is 14.0. The summed E-state index contributed by atoms with van der Waals surface area (Å²) in [5.41, 5.74) is 6.67. The van der Waals surface area contributed by atoms with E-state index in [1.165, 1.54) is 12.1 Å². The monoisotopic (exact) mass is 247 g/mol. The first-order valence-electron chi connectivity index (χ1n) is 5.33. The molecule has 0 fully saturated rings. The molecular weight excluding hydrogens is 231 g/mol. The van der Waals surface area contributed by atoms with E-state index in [4.69, 9.17) is 10.8 Å². The van der Waals surface area contributed by atoms with Crippen LogP contribution in [0.2, 0.25) is 0 Å². The van der Waals surface area contributed by atoms with Gasteiger partial charge in [0.05, 0.1) is 6.04 Å². The number of rotatable bonds is 3. The lowest BCUT2D eigenvalue weighted by molar-refractivity contribution is -0.210. The Morgan fingerprint density at radius 1 is 1.06 bits per heavy atom. The second-order valence-corrected chi connectivity index (χ2v) is 4.33. The van der Waals surface area contributed by atoms with Crippen molar-refractivity contribution in [2.24, 2.45) is 5.73 Å². The van der Waals surface area contributed by atoms with E-state index in [9.17, 15) is 13.2 Å². The molecule has 0 spiro atoms. The summed E-state index contributed by atoms with van der Waals surface area (Å²) in [5, 5.41) is 9.04.